The summed E-state index contributed by atoms with van der Waals surface area (Å²) < 4.78 is 25.6. The van der Waals surface area contributed by atoms with Gasteiger partial charge in [0.15, 0.2) is 0 Å². The van der Waals surface area contributed by atoms with Crippen molar-refractivity contribution in [3.63, 3.8) is 0 Å². The van der Waals surface area contributed by atoms with Crippen molar-refractivity contribution >= 4 is 21.2 Å². The first-order valence-electron chi connectivity index (χ1n) is 8.41. The zero-order valence-electron chi connectivity index (χ0n) is 14.8. The summed E-state index contributed by atoms with van der Waals surface area (Å²) >= 11 is 0. The van der Waals surface area contributed by atoms with Crippen LogP contribution in [0.5, 0.6) is 0 Å². The van der Waals surface area contributed by atoms with E-state index in [9.17, 15) is 8.42 Å². The first-order chi connectivity index (χ1) is 12.4. The van der Waals surface area contributed by atoms with E-state index < -0.39 is 9.84 Å². The number of hydrogen-bond donors (Lipinski definition) is 1. The maximum absolute atomic E-state index is 12.8. The summed E-state index contributed by atoms with van der Waals surface area (Å²) in [5.74, 6) is 0. The Labute approximate surface area is 154 Å². The molecule has 3 aromatic rings. The second-order valence-corrected chi connectivity index (χ2v) is 8.21. The Bertz CT molecular complexity index is 965. The predicted molar refractivity (Wildman–Crippen MR) is 105 cm³/mol. The minimum atomic E-state index is -3.53. The van der Waals surface area contributed by atoms with Gasteiger partial charge < -0.3 is 10.6 Å². The van der Waals surface area contributed by atoms with Gasteiger partial charge in [0.1, 0.15) is 0 Å². The van der Waals surface area contributed by atoms with Crippen molar-refractivity contribution in [2.24, 2.45) is 5.73 Å². The Morgan fingerprint density at radius 2 is 1.23 bits per heavy atom. The molecule has 0 aliphatic rings. The molecule has 4 nitrogen and oxygen atoms in total. The van der Waals surface area contributed by atoms with E-state index in [4.69, 9.17) is 5.73 Å². The van der Waals surface area contributed by atoms with Crippen LogP contribution in [0.1, 0.15) is 12.5 Å². The maximum atomic E-state index is 12.8. The summed E-state index contributed by atoms with van der Waals surface area (Å²) in [4.78, 5) is 2.52. The Kier molecular flexibility index (Phi) is 5.11. The van der Waals surface area contributed by atoms with Crippen molar-refractivity contribution < 1.29 is 8.42 Å². The number of rotatable bonds is 5. The summed E-state index contributed by atoms with van der Waals surface area (Å²) in [6.07, 6.45) is -0.253. The third kappa shape index (κ3) is 3.64. The van der Waals surface area contributed by atoms with E-state index in [1.807, 2.05) is 49.1 Å². The summed E-state index contributed by atoms with van der Waals surface area (Å²) in [6.45, 7) is 3.82. The monoisotopic (exact) mass is 366 g/mol. The second kappa shape index (κ2) is 7.32. The maximum Gasteiger partial charge on any atom is 0.206 e. The van der Waals surface area contributed by atoms with E-state index in [-0.39, 0.29) is 11.1 Å². The highest BCUT2D eigenvalue weighted by atomic mass is 32.2. The molecule has 0 saturated carbocycles. The molecule has 0 aromatic heterocycles. The molecule has 0 fully saturated rings. The molecular weight excluding hydrogens is 344 g/mol. The van der Waals surface area contributed by atoms with Gasteiger partial charge >= 0.3 is 0 Å². The lowest BCUT2D eigenvalue weighted by molar-refractivity contribution is 0.596. The molecule has 3 rings (SSSR count). The molecule has 26 heavy (non-hydrogen) atoms. The lowest BCUT2D eigenvalue weighted by Crippen LogP contribution is -2.35. The largest absolute Gasteiger partial charge is 0.326 e. The minimum absolute atomic E-state index is 0.253. The van der Waals surface area contributed by atoms with E-state index >= 15 is 0 Å². The van der Waals surface area contributed by atoms with Gasteiger partial charge in [0, 0.05) is 11.4 Å². The van der Waals surface area contributed by atoms with E-state index in [1.54, 1.807) is 48.5 Å². The molecule has 3 aromatic carbocycles. The molecular formula is C21H22N2O2S. The Morgan fingerprint density at radius 3 is 1.73 bits per heavy atom. The number of nitrogens with zero attached hydrogens (tertiary/aromatic N) is 1. The van der Waals surface area contributed by atoms with Crippen LogP contribution in [0.25, 0.3) is 0 Å². The predicted octanol–water partition coefficient (Wildman–Crippen LogP) is 4.27. The van der Waals surface area contributed by atoms with E-state index in [0.29, 0.717) is 4.90 Å². The van der Waals surface area contributed by atoms with Crippen LogP contribution in [0.3, 0.4) is 0 Å². The molecule has 1 unspecified atom stereocenters. The molecule has 134 valence electrons. The summed E-state index contributed by atoms with van der Waals surface area (Å²) in [5, 5.41) is 0. The molecule has 0 amide bonds. The van der Waals surface area contributed by atoms with Gasteiger partial charge in [-0.2, -0.15) is 0 Å². The molecule has 0 bridgehead atoms. The van der Waals surface area contributed by atoms with Gasteiger partial charge in [-0.1, -0.05) is 35.9 Å². The summed E-state index contributed by atoms with van der Waals surface area (Å²) in [5.41, 5.74) is 8.96. The van der Waals surface area contributed by atoms with Gasteiger partial charge in [-0.05, 0) is 62.4 Å². The number of sulfone groups is 1. The van der Waals surface area contributed by atoms with Crippen LogP contribution in [0.4, 0.5) is 11.4 Å². The van der Waals surface area contributed by atoms with E-state index in [2.05, 4.69) is 0 Å². The van der Waals surface area contributed by atoms with Gasteiger partial charge in [-0.25, -0.2) is 8.42 Å². The zero-order valence-corrected chi connectivity index (χ0v) is 15.6. The number of anilines is 2. The SMILES string of the molecule is Cc1ccc(S(=O)(=O)c2ccc(N(c3ccccc3)C(C)N)cc2)cc1. The molecule has 0 saturated heterocycles. The normalized spacial score (nSPS) is 12.6. The standard InChI is InChI=1S/C21H22N2O2S/c1-16-8-12-20(13-9-16)26(24,25)21-14-10-19(11-15-21)23(17(2)22)18-6-4-3-5-7-18/h3-15,17H,22H2,1-2H3. The quantitative estimate of drug-likeness (QED) is 0.685. The van der Waals surface area contributed by atoms with Gasteiger partial charge in [-0.3, -0.25) is 0 Å². The third-order valence-electron chi connectivity index (χ3n) is 4.20. The van der Waals surface area contributed by atoms with E-state index in [1.165, 1.54) is 0 Å². The number of benzene rings is 3. The lowest BCUT2D eigenvalue weighted by Gasteiger charge is -2.29. The molecule has 0 radical (unpaired) electrons. The zero-order chi connectivity index (χ0) is 18.7. The van der Waals surface area contributed by atoms with Crippen molar-refractivity contribution in [2.45, 2.75) is 29.8 Å². The van der Waals surface area contributed by atoms with Crippen molar-refractivity contribution in [1.29, 1.82) is 0 Å². The molecule has 5 heteroatoms. The van der Waals surface area contributed by atoms with Gasteiger partial charge in [0.2, 0.25) is 9.84 Å². The Hall–Kier alpha value is -2.63. The van der Waals surface area contributed by atoms with Crippen molar-refractivity contribution in [3.05, 3.63) is 84.4 Å². The van der Waals surface area contributed by atoms with Gasteiger partial charge in [0.25, 0.3) is 0 Å². The highest BCUT2D eigenvalue weighted by Gasteiger charge is 2.19. The smallest absolute Gasteiger partial charge is 0.206 e. The second-order valence-electron chi connectivity index (χ2n) is 6.26. The number of para-hydroxylation sites is 1. The van der Waals surface area contributed by atoms with Crippen LogP contribution in [0.2, 0.25) is 0 Å². The molecule has 0 spiro atoms. The summed E-state index contributed by atoms with van der Waals surface area (Å²) in [7, 11) is -3.53. The number of aryl methyl sites for hydroxylation is 1. The number of nitrogens with two attached hydrogens (primary N) is 1. The average molecular weight is 366 g/mol. The lowest BCUT2D eigenvalue weighted by atomic mass is 10.2. The van der Waals surface area contributed by atoms with Crippen LogP contribution in [0, 0.1) is 6.92 Å². The Morgan fingerprint density at radius 1 is 0.769 bits per heavy atom. The topological polar surface area (TPSA) is 63.4 Å². The van der Waals surface area contributed by atoms with E-state index in [0.717, 1.165) is 16.9 Å². The number of hydrogen-bond acceptors (Lipinski definition) is 4. The molecule has 0 aliphatic carbocycles. The fourth-order valence-electron chi connectivity index (χ4n) is 2.85. The van der Waals surface area contributed by atoms with Crippen LogP contribution in [-0.2, 0) is 9.84 Å². The molecule has 0 aliphatic heterocycles. The van der Waals surface area contributed by atoms with Crippen LogP contribution >= 0.6 is 0 Å². The molecule has 1 atom stereocenters. The summed E-state index contributed by atoms with van der Waals surface area (Å²) in [6, 6.07) is 23.5. The first-order valence-corrected chi connectivity index (χ1v) is 9.89. The van der Waals surface area contributed by atoms with Crippen molar-refractivity contribution in [2.75, 3.05) is 4.90 Å². The fraction of sp³-hybridized carbons (Fsp3) is 0.143. The third-order valence-corrected chi connectivity index (χ3v) is 5.98. The minimum Gasteiger partial charge on any atom is -0.326 e. The van der Waals surface area contributed by atoms with Gasteiger partial charge in [0.05, 0.1) is 16.0 Å². The van der Waals surface area contributed by atoms with Crippen molar-refractivity contribution in [3.8, 4) is 0 Å². The highest BCUT2D eigenvalue weighted by Crippen LogP contribution is 2.29. The van der Waals surface area contributed by atoms with Crippen LogP contribution in [0.15, 0.2) is 88.7 Å². The first kappa shape index (κ1) is 18.2. The van der Waals surface area contributed by atoms with Gasteiger partial charge in [-0.15, -0.1) is 0 Å². The highest BCUT2D eigenvalue weighted by molar-refractivity contribution is 7.91. The molecule has 0 heterocycles. The van der Waals surface area contributed by atoms with Crippen molar-refractivity contribution in [1.82, 2.24) is 0 Å². The van der Waals surface area contributed by atoms with Crippen LogP contribution in [-0.4, -0.2) is 14.6 Å². The average Bonchev–Trinajstić information content (AvgIpc) is 2.63. The van der Waals surface area contributed by atoms with Crippen LogP contribution < -0.4 is 10.6 Å². The molecule has 2 N–H and O–H groups in total. The Balaban J connectivity index is 1.96. The fourth-order valence-corrected chi connectivity index (χ4v) is 4.11.